The number of nitrogens with zero attached hydrogens (tertiary/aromatic N) is 1. The van der Waals surface area contributed by atoms with Gasteiger partial charge < -0.3 is 5.32 Å². The molecule has 118 valence electrons. The number of aryl methyl sites for hydroxylation is 1. The number of benzene rings is 1. The molecule has 4 nitrogen and oxygen atoms in total. The van der Waals surface area contributed by atoms with E-state index in [-0.39, 0.29) is 5.56 Å². The minimum absolute atomic E-state index is 0.0884. The van der Waals surface area contributed by atoms with Crippen LogP contribution in [0, 0.1) is 12.8 Å². The van der Waals surface area contributed by atoms with Crippen molar-refractivity contribution in [3.63, 3.8) is 0 Å². The fourth-order valence-electron chi connectivity index (χ4n) is 2.19. The lowest BCUT2D eigenvalue weighted by Gasteiger charge is -2.10. The normalized spacial score (nSPS) is 11.0. The van der Waals surface area contributed by atoms with E-state index in [2.05, 4.69) is 29.1 Å². The van der Waals surface area contributed by atoms with Gasteiger partial charge in [-0.05, 0) is 37.0 Å². The van der Waals surface area contributed by atoms with E-state index < -0.39 is 0 Å². The largest absolute Gasteiger partial charge is 0.356 e. The van der Waals surface area contributed by atoms with Crippen molar-refractivity contribution in [2.45, 2.75) is 33.6 Å². The number of aromatic amines is 1. The predicted molar refractivity (Wildman–Crippen MR) is 91.8 cm³/mol. The molecule has 0 fully saturated rings. The van der Waals surface area contributed by atoms with Crippen LogP contribution < -0.4 is 10.9 Å². The van der Waals surface area contributed by atoms with Gasteiger partial charge in [0.25, 0.3) is 5.56 Å². The molecule has 0 spiro atoms. The Hall–Kier alpha value is -1.81. The van der Waals surface area contributed by atoms with Crippen molar-refractivity contribution in [2.75, 3.05) is 11.9 Å². The zero-order valence-electron chi connectivity index (χ0n) is 13.2. The molecule has 0 atom stereocenters. The maximum atomic E-state index is 12.3. The maximum absolute atomic E-state index is 12.3. The second-order valence-electron chi connectivity index (χ2n) is 5.89. The molecule has 0 bridgehead atoms. The van der Waals surface area contributed by atoms with Gasteiger partial charge in [-0.25, -0.2) is 4.98 Å². The third-order valence-corrected chi connectivity index (χ3v) is 3.78. The summed E-state index contributed by atoms with van der Waals surface area (Å²) in [6, 6.07) is 7.51. The van der Waals surface area contributed by atoms with Crippen LogP contribution in [0.1, 0.15) is 37.1 Å². The number of hydrogen-bond donors (Lipinski definition) is 2. The zero-order valence-corrected chi connectivity index (χ0v) is 14.0. The van der Waals surface area contributed by atoms with Gasteiger partial charge in [-0.3, -0.25) is 9.78 Å². The summed E-state index contributed by atoms with van der Waals surface area (Å²) < 4.78 is 0. The van der Waals surface area contributed by atoms with Gasteiger partial charge in [0.15, 0.2) is 0 Å². The molecule has 0 radical (unpaired) electrons. The standard InChI is InChI=1S/C17H22ClN3O/c1-11(2)8-9-19-17-20-12(3)15(16(22)21-17)10-13-4-6-14(18)7-5-13/h4-7,11H,8-10H2,1-3H3,(H2,19,20,21,22). The first-order valence-electron chi connectivity index (χ1n) is 7.54. The summed E-state index contributed by atoms with van der Waals surface area (Å²) >= 11 is 5.88. The van der Waals surface area contributed by atoms with Gasteiger partial charge in [0, 0.05) is 23.6 Å². The summed E-state index contributed by atoms with van der Waals surface area (Å²) in [5.41, 5.74) is 2.40. The number of nitrogens with one attached hydrogen (secondary N) is 2. The molecule has 2 N–H and O–H groups in total. The Morgan fingerprint density at radius 1 is 1.27 bits per heavy atom. The Bertz CT molecular complexity index is 677. The van der Waals surface area contributed by atoms with Crippen LogP contribution in [0.25, 0.3) is 0 Å². The van der Waals surface area contributed by atoms with Gasteiger partial charge in [0.05, 0.1) is 5.69 Å². The molecule has 0 unspecified atom stereocenters. The van der Waals surface area contributed by atoms with Crippen molar-refractivity contribution in [3.8, 4) is 0 Å². The molecule has 0 aliphatic rings. The SMILES string of the molecule is Cc1nc(NCCC(C)C)[nH]c(=O)c1Cc1ccc(Cl)cc1. The number of H-pyrrole nitrogens is 1. The monoisotopic (exact) mass is 319 g/mol. The van der Waals surface area contributed by atoms with Crippen LogP contribution in [0.4, 0.5) is 5.95 Å². The Labute approximate surface area is 135 Å². The molecule has 0 saturated carbocycles. The molecule has 1 aromatic heterocycles. The lowest BCUT2D eigenvalue weighted by atomic mass is 10.1. The molecule has 22 heavy (non-hydrogen) atoms. The molecule has 0 saturated heterocycles. The summed E-state index contributed by atoms with van der Waals surface area (Å²) in [6.07, 6.45) is 1.59. The molecule has 0 amide bonds. The number of aromatic nitrogens is 2. The Morgan fingerprint density at radius 2 is 1.95 bits per heavy atom. The molecule has 1 heterocycles. The fourth-order valence-corrected chi connectivity index (χ4v) is 2.31. The van der Waals surface area contributed by atoms with Crippen molar-refractivity contribution in [2.24, 2.45) is 5.92 Å². The third-order valence-electron chi connectivity index (χ3n) is 3.53. The molecule has 1 aromatic carbocycles. The molecule has 2 rings (SSSR count). The van der Waals surface area contributed by atoms with E-state index in [9.17, 15) is 4.79 Å². The van der Waals surface area contributed by atoms with E-state index in [1.54, 1.807) is 0 Å². The van der Waals surface area contributed by atoms with E-state index in [0.29, 0.717) is 28.9 Å². The molecular weight excluding hydrogens is 298 g/mol. The zero-order chi connectivity index (χ0) is 16.1. The van der Waals surface area contributed by atoms with Crippen LogP contribution >= 0.6 is 11.6 Å². The average Bonchev–Trinajstić information content (AvgIpc) is 2.44. The highest BCUT2D eigenvalue weighted by Crippen LogP contribution is 2.14. The van der Waals surface area contributed by atoms with Crippen molar-refractivity contribution in [1.29, 1.82) is 0 Å². The van der Waals surface area contributed by atoms with Crippen LogP contribution in [-0.2, 0) is 6.42 Å². The summed E-state index contributed by atoms with van der Waals surface area (Å²) in [4.78, 5) is 19.5. The lowest BCUT2D eigenvalue weighted by Crippen LogP contribution is -2.20. The van der Waals surface area contributed by atoms with Gasteiger partial charge in [0.1, 0.15) is 0 Å². The van der Waals surface area contributed by atoms with Crippen molar-refractivity contribution in [1.82, 2.24) is 9.97 Å². The predicted octanol–water partition coefficient (Wildman–Crippen LogP) is 3.78. The van der Waals surface area contributed by atoms with Gasteiger partial charge in [0.2, 0.25) is 5.95 Å². The first kappa shape index (κ1) is 16.6. The van der Waals surface area contributed by atoms with Crippen LogP contribution in [0.2, 0.25) is 5.02 Å². The highest BCUT2D eigenvalue weighted by atomic mass is 35.5. The van der Waals surface area contributed by atoms with Gasteiger partial charge in [-0.1, -0.05) is 37.6 Å². The Kier molecular flexibility index (Phi) is 5.61. The van der Waals surface area contributed by atoms with E-state index in [1.165, 1.54) is 0 Å². The number of halogens is 1. The number of rotatable bonds is 6. The Morgan fingerprint density at radius 3 is 2.55 bits per heavy atom. The maximum Gasteiger partial charge on any atom is 0.256 e. The highest BCUT2D eigenvalue weighted by Gasteiger charge is 2.09. The minimum Gasteiger partial charge on any atom is -0.356 e. The number of anilines is 1. The summed E-state index contributed by atoms with van der Waals surface area (Å²) in [6.45, 7) is 7.00. The van der Waals surface area contributed by atoms with Gasteiger partial charge in [-0.15, -0.1) is 0 Å². The molecule has 0 aliphatic heterocycles. The van der Waals surface area contributed by atoms with Gasteiger partial charge >= 0.3 is 0 Å². The lowest BCUT2D eigenvalue weighted by molar-refractivity contribution is 0.605. The Balaban J connectivity index is 2.13. The second kappa shape index (κ2) is 7.45. The second-order valence-corrected chi connectivity index (χ2v) is 6.33. The first-order valence-corrected chi connectivity index (χ1v) is 7.91. The van der Waals surface area contributed by atoms with Crippen molar-refractivity contribution >= 4 is 17.5 Å². The van der Waals surface area contributed by atoms with Crippen LogP contribution in [0.3, 0.4) is 0 Å². The van der Waals surface area contributed by atoms with Crippen LogP contribution in [0.15, 0.2) is 29.1 Å². The molecular formula is C17H22ClN3O. The van der Waals surface area contributed by atoms with Gasteiger partial charge in [-0.2, -0.15) is 0 Å². The fraction of sp³-hybridized carbons (Fsp3) is 0.412. The van der Waals surface area contributed by atoms with Crippen molar-refractivity contribution in [3.05, 3.63) is 56.5 Å². The summed E-state index contributed by atoms with van der Waals surface area (Å²) in [5.74, 6) is 1.16. The third kappa shape index (κ3) is 4.60. The average molecular weight is 320 g/mol. The van der Waals surface area contributed by atoms with E-state index in [1.807, 2.05) is 31.2 Å². The molecule has 2 aromatic rings. The van der Waals surface area contributed by atoms with Crippen LogP contribution in [-0.4, -0.2) is 16.5 Å². The quantitative estimate of drug-likeness (QED) is 0.852. The van der Waals surface area contributed by atoms with Crippen LogP contribution in [0.5, 0.6) is 0 Å². The topological polar surface area (TPSA) is 57.8 Å². The van der Waals surface area contributed by atoms with E-state index >= 15 is 0 Å². The smallest absolute Gasteiger partial charge is 0.256 e. The number of hydrogen-bond acceptors (Lipinski definition) is 3. The molecule has 0 aliphatic carbocycles. The highest BCUT2D eigenvalue weighted by molar-refractivity contribution is 6.30. The molecule has 5 heteroatoms. The van der Waals surface area contributed by atoms with E-state index in [4.69, 9.17) is 11.6 Å². The first-order chi connectivity index (χ1) is 10.5. The minimum atomic E-state index is -0.0884. The summed E-state index contributed by atoms with van der Waals surface area (Å²) in [7, 11) is 0. The van der Waals surface area contributed by atoms with Crippen molar-refractivity contribution < 1.29 is 0 Å². The van der Waals surface area contributed by atoms with E-state index in [0.717, 1.165) is 24.2 Å². The summed E-state index contributed by atoms with van der Waals surface area (Å²) in [5, 5.41) is 3.86.